The van der Waals surface area contributed by atoms with E-state index in [1.54, 1.807) is 24.3 Å². The molecule has 1 heterocycles. The summed E-state index contributed by atoms with van der Waals surface area (Å²) in [6, 6.07) is 14.2. The summed E-state index contributed by atoms with van der Waals surface area (Å²) in [7, 11) is 0. The fourth-order valence-corrected chi connectivity index (χ4v) is 2.88. The topological polar surface area (TPSA) is 101 Å². The van der Waals surface area contributed by atoms with Crippen molar-refractivity contribution in [1.29, 1.82) is 0 Å². The standard InChI is InChI=1S/C17H16N2O5/c20-15-12-8-4-5-9-13(12)18(10-11-6-2-1-3-7-11)19(15)14(16(21)22)17(23)24/h1-9,14-15,20H,10H2,(H,21,22)(H,23,24). The van der Waals surface area contributed by atoms with Gasteiger partial charge in [0.15, 0.2) is 6.23 Å². The average Bonchev–Trinajstić information content (AvgIpc) is 2.82. The smallest absolute Gasteiger partial charge is 0.334 e. The van der Waals surface area contributed by atoms with E-state index in [1.165, 1.54) is 5.01 Å². The second kappa shape index (κ2) is 6.31. The molecule has 7 heteroatoms. The fraction of sp³-hybridized carbons (Fsp3) is 0.176. The highest BCUT2D eigenvalue weighted by Crippen LogP contribution is 2.40. The van der Waals surface area contributed by atoms with Crippen molar-refractivity contribution in [2.24, 2.45) is 0 Å². The molecule has 2 aromatic carbocycles. The Balaban J connectivity index is 2.05. The van der Waals surface area contributed by atoms with Gasteiger partial charge in [-0.15, -0.1) is 0 Å². The lowest BCUT2D eigenvalue weighted by Crippen LogP contribution is -2.53. The van der Waals surface area contributed by atoms with Crippen molar-refractivity contribution in [2.75, 3.05) is 5.01 Å². The number of benzene rings is 2. The molecule has 0 saturated carbocycles. The summed E-state index contributed by atoms with van der Waals surface area (Å²) in [4.78, 5) is 22.9. The number of carbonyl (C=O) groups is 2. The predicted molar refractivity (Wildman–Crippen MR) is 84.9 cm³/mol. The van der Waals surface area contributed by atoms with E-state index >= 15 is 0 Å². The Hall–Kier alpha value is -2.90. The van der Waals surface area contributed by atoms with Crippen LogP contribution in [0.15, 0.2) is 54.6 Å². The van der Waals surface area contributed by atoms with Crippen LogP contribution in [-0.4, -0.2) is 38.3 Å². The molecule has 3 N–H and O–H groups in total. The average molecular weight is 328 g/mol. The third-order valence-corrected chi connectivity index (χ3v) is 3.93. The highest BCUT2D eigenvalue weighted by molar-refractivity contribution is 5.97. The van der Waals surface area contributed by atoms with E-state index in [0.29, 0.717) is 11.3 Å². The molecule has 2 aromatic rings. The number of hydrazine groups is 1. The number of fused-ring (bicyclic) bond motifs is 1. The summed E-state index contributed by atoms with van der Waals surface area (Å²) in [5.74, 6) is -3.07. The van der Waals surface area contributed by atoms with E-state index in [1.807, 2.05) is 30.3 Å². The highest BCUT2D eigenvalue weighted by Gasteiger charge is 2.46. The zero-order valence-corrected chi connectivity index (χ0v) is 12.6. The summed E-state index contributed by atoms with van der Waals surface area (Å²) in [6.07, 6.45) is -1.35. The number of aliphatic hydroxyl groups is 1. The summed E-state index contributed by atoms with van der Waals surface area (Å²) < 4.78 is 0. The molecule has 0 bridgehead atoms. The molecule has 0 amide bonds. The van der Waals surface area contributed by atoms with Gasteiger partial charge < -0.3 is 15.3 Å². The summed E-state index contributed by atoms with van der Waals surface area (Å²) in [5, 5.41) is 31.7. The molecular weight excluding hydrogens is 312 g/mol. The van der Waals surface area contributed by atoms with Gasteiger partial charge >= 0.3 is 11.9 Å². The Morgan fingerprint density at radius 1 is 0.958 bits per heavy atom. The van der Waals surface area contributed by atoms with E-state index in [2.05, 4.69) is 0 Å². The van der Waals surface area contributed by atoms with Crippen LogP contribution in [-0.2, 0) is 16.1 Å². The molecule has 0 aliphatic carbocycles. The maximum absolute atomic E-state index is 11.5. The first-order valence-corrected chi connectivity index (χ1v) is 7.33. The minimum atomic E-state index is -1.89. The Morgan fingerprint density at radius 2 is 1.54 bits per heavy atom. The van der Waals surface area contributed by atoms with Crippen LogP contribution in [0.2, 0.25) is 0 Å². The third-order valence-electron chi connectivity index (χ3n) is 3.93. The molecule has 0 aromatic heterocycles. The minimum Gasteiger partial charge on any atom is -0.480 e. The van der Waals surface area contributed by atoms with Gasteiger partial charge in [0.05, 0.1) is 12.2 Å². The van der Waals surface area contributed by atoms with Crippen molar-refractivity contribution in [1.82, 2.24) is 5.01 Å². The van der Waals surface area contributed by atoms with Crippen LogP contribution in [0.5, 0.6) is 0 Å². The molecule has 0 fully saturated rings. The number of aliphatic carboxylic acids is 2. The predicted octanol–water partition coefficient (Wildman–Crippen LogP) is 1.45. The van der Waals surface area contributed by atoms with E-state index in [0.717, 1.165) is 10.6 Å². The van der Waals surface area contributed by atoms with Crippen LogP contribution in [0, 0.1) is 0 Å². The van der Waals surface area contributed by atoms with Gasteiger partial charge in [0, 0.05) is 5.56 Å². The molecule has 0 radical (unpaired) electrons. The minimum absolute atomic E-state index is 0.242. The first kappa shape index (κ1) is 16.0. The van der Waals surface area contributed by atoms with Crippen LogP contribution in [0.3, 0.4) is 0 Å². The molecule has 0 spiro atoms. The largest absolute Gasteiger partial charge is 0.480 e. The molecule has 1 aliphatic rings. The van der Waals surface area contributed by atoms with Crippen LogP contribution in [0.4, 0.5) is 5.69 Å². The fourth-order valence-electron chi connectivity index (χ4n) is 2.88. The van der Waals surface area contributed by atoms with E-state index in [4.69, 9.17) is 0 Å². The first-order valence-electron chi connectivity index (χ1n) is 7.33. The lowest BCUT2D eigenvalue weighted by atomic mass is 10.1. The molecule has 1 atom stereocenters. The van der Waals surface area contributed by atoms with Crippen molar-refractivity contribution in [3.8, 4) is 0 Å². The SMILES string of the molecule is O=C(O)C(C(=O)O)N1C(O)c2ccccc2N1Cc1ccccc1. The van der Waals surface area contributed by atoms with Crippen molar-refractivity contribution in [2.45, 2.75) is 18.8 Å². The molecule has 24 heavy (non-hydrogen) atoms. The number of carboxylic acids is 2. The summed E-state index contributed by atoms with van der Waals surface area (Å²) in [6.45, 7) is 0.242. The number of nitrogens with zero attached hydrogens (tertiary/aromatic N) is 2. The van der Waals surface area contributed by atoms with Gasteiger partial charge in [-0.25, -0.2) is 9.59 Å². The summed E-state index contributed by atoms with van der Waals surface area (Å²) in [5.41, 5.74) is 1.92. The highest BCUT2D eigenvalue weighted by atomic mass is 16.4. The number of rotatable bonds is 5. The zero-order chi connectivity index (χ0) is 17.3. The van der Waals surface area contributed by atoms with Crippen LogP contribution >= 0.6 is 0 Å². The zero-order valence-electron chi connectivity index (χ0n) is 12.6. The second-order valence-corrected chi connectivity index (χ2v) is 5.43. The Kier molecular flexibility index (Phi) is 4.20. The number of carboxylic acid groups (broad SMARTS) is 2. The monoisotopic (exact) mass is 328 g/mol. The van der Waals surface area contributed by atoms with Crippen molar-refractivity contribution in [3.63, 3.8) is 0 Å². The molecule has 1 aliphatic heterocycles. The van der Waals surface area contributed by atoms with Crippen molar-refractivity contribution >= 4 is 17.6 Å². The number of para-hydroxylation sites is 1. The Labute approximate surface area is 138 Å². The first-order chi connectivity index (χ1) is 11.5. The van der Waals surface area contributed by atoms with Gasteiger partial charge in [-0.3, -0.25) is 5.01 Å². The Morgan fingerprint density at radius 3 is 2.17 bits per heavy atom. The van der Waals surface area contributed by atoms with Crippen LogP contribution < -0.4 is 5.01 Å². The lowest BCUT2D eigenvalue weighted by molar-refractivity contribution is -0.163. The molecule has 3 rings (SSSR count). The summed E-state index contributed by atoms with van der Waals surface area (Å²) >= 11 is 0. The van der Waals surface area contributed by atoms with Gasteiger partial charge in [-0.1, -0.05) is 48.5 Å². The number of hydrogen-bond donors (Lipinski definition) is 3. The quantitative estimate of drug-likeness (QED) is 0.714. The normalized spacial score (nSPS) is 17.1. The second-order valence-electron chi connectivity index (χ2n) is 5.43. The maximum atomic E-state index is 11.5. The molecule has 0 saturated heterocycles. The van der Waals surface area contributed by atoms with Gasteiger partial charge in [-0.05, 0) is 11.6 Å². The molecular formula is C17H16N2O5. The van der Waals surface area contributed by atoms with Crippen LogP contribution in [0.25, 0.3) is 0 Å². The number of anilines is 1. The molecule has 124 valence electrons. The number of hydrogen-bond acceptors (Lipinski definition) is 5. The van der Waals surface area contributed by atoms with Crippen LogP contribution in [0.1, 0.15) is 17.4 Å². The molecule has 7 nitrogen and oxygen atoms in total. The van der Waals surface area contributed by atoms with Gasteiger partial charge in [-0.2, -0.15) is 5.01 Å². The van der Waals surface area contributed by atoms with Gasteiger partial charge in [0.2, 0.25) is 6.04 Å². The lowest BCUT2D eigenvalue weighted by Gasteiger charge is -2.34. The maximum Gasteiger partial charge on any atom is 0.334 e. The third kappa shape index (κ3) is 2.70. The molecule has 1 unspecified atom stereocenters. The van der Waals surface area contributed by atoms with E-state index in [-0.39, 0.29) is 6.54 Å². The van der Waals surface area contributed by atoms with Crippen molar-refractivity contribution < 1.29 is 24.9 Å². The van der Waals surface area contributed by atoms with Gasteiger partial charge in [0.1, 0.15) is 0 Å². The van der Waals surface area contributed by atoms with Crippen molar-refractivity contribution in [3.05, 3.63) is 65.7 Å². The van der Waals surface area contributed by atoms with E-state index < -0.39 is 24.2 Å². The number of aliphatic hydroxyl groups excluding tert-OH is 1. The Bertz CT molecular complexity index is 751. The van der Waals surface area contributed by atoms with Gasteiger partial charge in [0.25, 0.3) is 0 Å². The van der Waals surface area contributed by atoms with E-state index in [9.17, 15) is 24.9 Å².